The topological polar surface area (TPSA) is 68.0 Å². The first kappa shape index (κ1) is 17.7. The van der Waals surface area contributed by atoms with Crippen molar-refractivity contribution < 1.29 is 4.79 Å². The number of carbonyl (C=O) groups excluding carboxylic acids is 1. The Labute approximate surface area is 149 Å². The van der Waals surface area contributed by atoms with Crippen LogP contribution in [0.3, 0.4) is 0 Å². The third-order valence-electron chi connectivity index (χ3n) is 5.14. The molecule has 0 unspecified atom stereocenters. The SMILES string of the molecule is CC[C@@H](C)n1nccc1NC(=O)[C@H](C)N1CC(n2nc(C)cc2C)C1. The molecule has 1 fully saturated rings. The second-order valence-corrected chi connectivity index (χ2v) is 7.06. The minimum absolute atomic E-state index is 0.0110. The second-order valence-electron chi connectivity index (χ2n) is 7.06. The maximum absolute atomic E-state index is 12.6. The number of anilines is 1. The summed E-state index contributed by atoms with van der Waals surface area (Å²) in [5, 5.41) is 11.9. The van der Waals surface area contributed by atoms with Crippen molar-refractivity contribution in [2.75, 3.05) is 18.4 Å². The molecule has 1 N–H and O–H groups in total. The minimum Gasteiger partial charge on any atom is -0.310 e. The second kappa shape index (κ2) is 7.00. The first-order chi connectivity index (χ1) is 11.9. The van der Waals surface area contributed by atoms with E-state index in [4.69, 9.17) is 0 Å². The zero-order valence-corrected chi connectivity index (χ0v) is 15.7. The summed E-state index contributed by atoms with van der Waals surface area (Å²) in [7, 11) is 0. The van der Waals surface area contributed by atoms with E-state index in [0.717, 1.165) is 31.0 Å². The van der Waals surface area contributed by atoms with Gasteiger partial charge in [-0.25, -0.2) is 4.68 Å². The predicted molar refractivity (Wildman–Crippen MR) is 97.6 cm³/mol. The van der Waals surface area contributed by atoms with Gasteiger partial charge in [-0.2, -0.15) is 10.2 Å². The van der Waals surface area contributed by atoms with Crippen LogP contribution in [0.2, 0.25) is 0 Å². The lowest BCUT2D eigenvalue weighted by Crippen LogP contribution is -2.55. The molecule has 3 heterocycles. The Morgan fingerprint density at radius 1 is 1.36 bits per heavy atom. The van der Waals surface area contributed by atoms with Crippen LogP contribution in [0.1, 0.15) is 50.7 Å². The number of likely N-dealkylation sites (tertiary alicyclic amines) is 1. The van der Waals surface area contributed by atoms with Gasteiger partial charge in [-0.05, 0) is 40.2 Å². The molecule has 1 amide bonds. The van der Waals surface area contributed by atoms with Crippen molar-refractivity contribution in [2.24, 2.45) is 0 Å². The number of hydrogen-bond donors (Lipinski definition) is 1. The monoisotopic (exact) mass is 344 g/mol. The summed E-state index contributed by atoms with van der Waals surface area (Å²) in [6.45, 7) is 11.9. The molecule has 0 radical (unpaired) electrons. The molecule has 0 saturated carbocycles. The van der Waals surface area contributed by atoms with Gasteiger partial charge in [-0.3, -0.25) is 14.4 Å². The van der Waals surface area contributed by atoms with E-state index in [1.54, 1.807) is 6.20 Å². The molecule has 0 aliphatic carbocycles. The molecule has 1 saturated heterocycles. The number of nitrogens with zero attached hydrogens (tertiary/aromatic N) is 5. The number of rotatable bonds is 6. The third-order valence-corrected chi connectivity index (χ3v) is 5.14. The largest absolute Gasteiger partial charge is 0.310 e. The fourth-order valence-corrected chi connectivity index (χ4v) is 3.31. The quantitative estimate of drug-likeness (QED) is 0.874. The summed E-state index contributed by atoms with van der Waals surface area (Å²) in [4.78, 5) is 14.8. The Morgan fingerprint density at radius 2 is 2.08 bits per heavy atom. The van der Waals surface area contributed by atoms with Crippen molar-refractivity contribution in [3.63, 3.8) is 0 Å². The van der Waals surface area contributed by atoms with Crippen molar-refractivity contribution in [1.82, 2.24) is 24.5 Å². The van der Waals surface area contributed by atoms with E-state index in [-0.39, 0.29) is 18.0 Å². The van der Waals surface area contributed by atoms with E-state index in [1.807, 2.05) is 24.6 Å². The first-order valence-corrected chi connectivity index (χ1v) is 9.01. The van der Waals surface area contributed by atoms with Gasteiger partial charge in [0.15, 0.2) is 0 Å². The molecule has 136 valence electrons. The van der Waals surface area contributed by atoms with Crippen LogP contribution >= 0.6 is 0 Å². The van der Waals surface area contributed by atoms with Crippen LogP contribution in [0.4, 0.5) is 5.82 Å². The van der Waals surface area contributed by atoms with E-state index in [0.29, 0.717) is 6.04 Å². The first-order valence-electron chi connectivity index (χ1n) is 9.01. The van der Waals surface area contributed by atoms with Gasteiger partial charge in [0, 0.05) is 24.8 Å². The molecule has 2 aromatic heterocycles. The molecule has 2 atom stereocenters. The highest BCUT2D eigenvalue weighted by Crippen LogP contribution is 2.25. The van der Waals surface area contributed by atoms with Gasteiger partial charge in [0.1, 0.15) is 5.82 Å². The summed E-state index contributed by atoms with van der Waals surface area (Å²) >= 11 is 0. The van der Waals surface area contributed by atoms with Gasteiger partial charge in [-0.15, -0.1) is 0 Å². The lowest BCUT2D eigenvalue weighted by atomic mass is 10.1. The normalized spacial score (nSPS) is 18.0. The van der Waals surface area contributed by atoms with E-state index in [9.17, 15) is 4.79 Å². The number of amides is 1. The summed E-state index contributed by atoms with van der Waals surface area (Å²) < 4.78 is 3.95. The zero-order valence-electron chi connectivity index (χ0n) is 15.7. The van der Waals surface area contributed by atoms with Crippen molar-refractivity contribution in [3.05, 3.63) is 29.7 Å². The predicted octanol–water partition coefficient (Wildman–Crippen LogP) is 2.55. The number of aromatic nitrogens is 4. The molecule has 1 aliphatic rings. The number of nitrogens with one attached hydrogen (secondary N) is 1. The zero-order chi connectivity index (χ0) is 18.1. The molecule has 1 aliphatic heterocycles. The van der Waals surface area contributed by atoms with Crippen LogP contribution in [-0.2, 0) is 4.79 Å². The lowest BCUT2D eigenvalue weighted by Gasteiger charge is -2.42. The van der Waals surface area contributed by atoms with Gasteiger partial charge < -0.3 is 5.32 Å². The highest BCUT2D eigenvalue weighted by atomic mass is 16.2. The summed E-state index contributed by atoms with van der Waals surface area (Å²) in [5.74, 6) is 0.777. The summed E-state index contributed by atoms with van der Waals surface area (Å²) in [6, 6.07) is 4.39. The van der Waals surface area contributed by atoms with Crippen LogP contribution in [0.25, 0.3) is 0 Å². The standard InChI is InChI=1S/C18H28N6O/c1-6-13(3)24-17(7-8-19-24)20-18(25)15(5)22-10-16(11-22)23-14(4)9-12(2)21-23/h7-9,13,15-16H,6,10-11H2,1-5H3,(H,20,25)/t13-,15+/m1/s1. The Hall–Kier alpha value is -2.15. The van der Waals surface area contributed by atoms with Crippen LogP contribution in [0.15, 0.2) is 18.3 Å². The molecule has 25 heavy (non-hydrogen) atoms. The van der Waals surface area contributed by atoms with Crippen LogP contribution in [-0.4, -0.2) is 49.5 Å². The lowest BCUT2D eigenvalue weighted by molar-refractivity contribution is -0.123. The Bertz CT molecular complexity index is 743. The molecular weight excluding hydrogens is 316 g/mol. The van der Waals surface area contributed by atoms with Gasteiger partial charge in [0.2, 0.25) is 5.91 Å². The van der Waals surface area contributed by atoms with Gasteiger partial charge in [0.05, 0.1) is 30.0 Å². The number of aryl methyl sites for hydroxylation is 2. The highest BCUT2D eigenvalue weighted by molar-refractivity contribution is 5.93. The average Bonchev–Trinajstić information content (AvgIpc) is 3.11. The molecule has 0 spiro atoms. The van der Waals surface area contributed by atoms with Gasteiger partial charge in [-0.1, -0.05) is 6.92 Å². The average molecular weight is 344 g/mol. The molecule has 2 aromatic rings. The molecule has 7 heteroatoms. The van der Waals surface area contributed by atoms with Crippen LogP contribution < -0.4 is 5.32 Å². The third kappa shape index (κ3) is 3.46. The Balaban J connectivity index is 1.58. The van der Waals surface area contributed by atoms with Crippen LogP contribution in [0.5, 0.6) is 0 Å². The van der Waals surface area contributed by atoms with E-state index in [2.05, 4.69) is 51.9 Å². The smallest absolute Gasteiger partial charge is 0.242 e. The molecule has 3 rings (SSSR count). The van der Waals surface area contributed by atoms with E-state index < -0.39 is 0 Å². The number of hydrogen-bond acceptors (Lipinski definition) is 4. The minimum atomic E-state index is -0.173. The molecule has 0 bridgehead atoms. The van der Waals surface area contributed by atoms with Crippen molar-refractivity contribution in [1.29, 1.82) is 0 Å². The van der Waals surface area contributed by atoms with Crippen molar-refractivity contribution in [2.45, 2.75) is 59.2 Å². The maximum Gasteiger partial charge on any atom is 0.242 e. The molecular formula is C18H28N6O. The van der Waals surface area contributed by atoms with Crippen molar-refractivity contribution >= 4 is 11.7 Å². The van der Waals surface area contributed by atoms with Gasteiger partial charge in [0.25, 0.3) is 0 Å². The van der Waals surface area contributed by atoms with E-state index in [1.165, 1.54) is 5.69 Å². The fourth-order valence-electron chi connectivity index (χ4n) is 3.31. The van der Waals surface area contributed by atoms with Gasteiger partial charge >= 0.3 is 0 Å². The van der Waals surface area contributed by atoms with Crippen molar-refractivity contribution in [3.8, 4) is 0 Å². The Morgan fingerprint density at radius 3 is 2.68 bits per heavy atom. The summed E-state index contributed by atoms with van der Waals surface area (Å²) in [5.41, 5.74) is 2.22. The van der Waals surface area contributed by atoms with Crippen LogP contribution in [0, 0.1) is 13.8 Å². The number of carbonyl (C=O) groups is 1. The fraction of sp³-hybridized carbons (Fsp3) is 0.611. The molecule has 0 aromatic carbocycles. The van der Waals surface area contributed by atoms with E-state index >= 15 is 0 Å². The summed E-state index contributed by atoms with van der Waals surface area (Å²) in [6.07, 6.45) is 2.70. The maximum atomic E-state index is 12.6. The molecule has 7 nitrogen and oxygen atoms in total. The Kier molecular flexibility index (Phi) is 4.94. The highest BCUT2D eigenvalue weighted by Gasteiger charge is 2.35.